The lowest BCUT2D eigenvalue weighted by Crippen LogP contribution is -2.31. The summed E-state index contributed by atoms with van der Waals surface area (Å²) in [7, 11) is 4.23. The maximum absolute atomic E-state index is 12.4. The number of aromatic amines is 1. The fraction of sp³-hybridized carbons (Fsp3) is 0.263. The number of hydrogen-bond acceptors (Lipinski definition) is 7. The molecule has 3 aromatic rings. The number of esters is 1. The number of rotatable bonds is 5. The first-order valence-electron chi connectivity index (χ1n) is 8.43. The first-order chi connectivity index (χ1) is 13.4. The van der Waals surface area contributed by atoms with Crippen LogP contribution in [0.5, 0.6) is 11.5 Å². The van der Waals surface area contributed by atoms with Crippen molar-refractivity contribution in [2.75, 3.05) is 21.3 Å². The third-order valence-corrected chi connectivity index (χ3v) is 4.35. The summed E-state index contributed by atoms with van der Waals surface area (Å²) in [6.45, 7) is 1.98. The van der Waals surface area contributed by atoms with Crippen LogP contribution in [0.25, 0.3) is 22.3 Å². The number of nitrogens with zero attached hydrogens (tertiary/aromatic N) is 2. The second-order valence-electron chi connectivity index (χ2n) is 5.81. The van der Waals surface area contributed by atoms with Crippen LogP contribution in [0.2, 0.25) is 0 Å². The number of benzene rings is 1. The fourth-order valence-electron chi connectivity index (χ4n) is 2.99. The van der Waals surface area contributed by atoms with Crippen molar-refractivity contribution in [2.45, 2.75) is 13.5 Å². The molecule has 1 aromatic carbocycles. The van der Waals surface area contributed by atoms with Crippen LogP contribution >= 0.6 is 0 Å². The van der Waals surface area contributed by atoms with Gasteiger partial charge in [-0.15, -0.1) is 0 Å². The highest BCUT2D eigenvalue weighted by Gasteiger charge is 2.21. The van der Waals surface area contributed by atoms with Crippen LogP contribution in [0.1, 0.15) is 17.3 Å². The minimum atomic E-state index is -0.720. The van der Waals surface area contributed by atoms with Gasteiger partial charge in [0, 0.05) is 12.1 Å². The van der Waals surface area contributed by atoms with Gasteiger partial charge in [-0.25, -0.2) is 14.6 Å². The number of carbonyl (C=O) groups excluding carboxylic acids is 1. The monoisotopic (exact) mass is 385 g/mol. The molecule has 146 valence electrons. The first-order valence-corrected chi connectivity index (χ1v) is 8.43. The number of carbonyl (C=O) groups is 1. The van der Waals surface area contributed by atoms with Crippen LogP contribution in [-0.2, 0) is 11.3 Å². The quantitative estimate of drug-likeness (QED) is 0.664. The number of ether oxygens (including phenoxy) is 3. The summed E-state index contributed by atoms with van der Waals surface area (Å²) < 4.78 is 16.8. The molecule has 0 spiro atoms. The van der Waals surface area contributed by atoms with Crippen LogP contribution in [0, 0.1) is 0 Å². The van der Waals surface area contributed by atoms with Gasteiger partial charge in [-0.05, 0) is 31.2 Å². The Kier molecular flexibility index (Phi) is 5.16. The maximum Gasteiger partial charge on any atom is 0.338 e. The van der Waals surface area contributed by atoms with Crippen LogP contribution in [0.3, 0.4) is 0 Å². The third-order valence-electron chi connectivity index (χ3n) is 4.35. The Morgan fingerprint density at radius 2 is 1.89 bits per heavy atom. The molecular formula is C19H19N3O6. The van der Waals surface area contributed by atoms with E-state index in [9.17, 15) is 14.4 Å². The van der Waals surface area contributed by atoms with E-state index in [0.717, 1.165) is 0 Å². The Morgan fingerprint density at radius 3 is 2.50 bits per heavy atom. The lowest BCUT2D eigenvalue weighted by molar-refractivity contribution is 0.0603. The highest BCUT2D eigenvalue weighted by molar-refractivity contribution is 6.03. The third kappa shape index (κ3) is 3.11. The molecule has 0 aliphatic carbocycles. The second-order valence-corrected chi connectivity index (χ2v) is 5.81. The molecule has 0 radical (unpaired) electrons. The Balaban J connectivity index is 2.48. The standard InChI is InChI=1S/C19H19N3O6/c1-5-22-16-15(17(23)21-19(22)25)12(18(24)28-4)9-13(20-16)11-8-10(26-2)6-7-14(11)27-3/h6-9H,5H2,1-4H3,(H,21,23,25). The van der Waals surface area contributed by atoms with Gasteiger partial charge in [-0.3, -0.25) is 14.3 Å². The molecule has 0 saturated heterocycles. The van der Waals surface area contributed by atoms with Gasteiger partial charge >= 0.3 is 11.7 Å². The van der Waals surface area contributed by atoms with E-state index < -0.39 is 17.2 Å². The van der Waals surface area contributed by atoms with E-state index in [1.165, 1.54) is 32.0 Å². The predicted octanol–water partition coefficient (Wildman–Crippen LogP) is 1.58. The lowest BCUT2D eigenvalue weighted by Gasteiger charge is -2.14. The number of fused-ring (bicyclic) bond motifs is 1. The number of hydrogen-bond donors (Lipinski definition) is 1. The summed E-state index contributed by atoms with van der Waals surface area (Å²) >= 11 is 0. The molecule has 0 amide bonds. The van der Waals surface area contributed by atoms with E-state index in [-0.39, 0.29) is 23.1 Å². The molecule has 0 atom stereocenters. The van der Waals surface area contributed by atoms with Crippen LogP contribution < -0.4 is 20.7 Å². The molecule has 2 heterocycles. The van der Waals surface area contributed by atoms with Crippen LogP contribution in [0.4, 0.5) is 0 Å². The van der Waals surface area contributed by atoms with Crippen molar-refractivity contribution in [3.05, 3.63) is 50.7 Å². The lowest BCUT2D eigenvalue weighted by atomic mass is 10.0. The molecule has 0 aliphatic rings. The van der Waals surface area contributed by atoms with Crippen molar-refractivity contribution >= 4 is 17.0 Å². The summed E-state index contributed by atoms with van der Waals surface area (Å²) in [5.41, 5.74) is -0.380. The summed E-state index contributed by atoms with van der Waals surface area (Å²) in [6.07, 6.45) is 0. The van der Waals surface area contributed by atoms with Crippen molar-refractivity contribution < 1.29 is 19.0 Å². The van der Waals surface area contributed by atoms with Gasteiger partial charge in [0.1, 0.15) is 11.5 Å². The van der Waals surface area contributed by atoms with Crippen molar-refractivity contribution in [2.24, 2.45) is 0 Å². The van der Waals surface area contributed by atoms with E-state index in [0.29, 0.717) is 22.8 Å². The van der Waals surface area contributed by atoms with E-state index in [4.69, 9.17) is 14.2 Å². The van der Waals surface area contributed by atoms with E-state index in [1.54, 1.807) is 25.1 Å². The Morgan fingerprint density at radius 1 is 1.14 bits per heavy atom. The highest BCUT2D eigenvalue weighted by atomic mass is 16.5. The number of pyridine rings is 1. The molecular weight excluding hydrogens is 366 g/mol. The van der Waals surface area contributed by atoms with Gasteiger partial charge < -0.3 is 14.2 Å². The van der Waals surface area contributed by atoms with Gasteiger partial charge in [0.15, 0.2) is 5.65 Å². The van der Waals surface area contributed by atoms with Gasteiger partial charge in [-0.2, -0.15) is 0 Å². The van der Waals surface area contributed by atoms with E-state index in [2.05, 4.69) is 9.97 Å². The molecule has 0 saturated carbocycles. The van der Waals surface area contributed by atoms with Crippen molar-refractivity contribution in [3.63, 3.8) is 0 Å². The van der Waals surface area contributed by atoms with E-state index in [1.807, 2.05) is 0 Å². The van der Waals surface area contributed by atoms with Crippen molar-refractivity contribution in [1.29, 1.82) is 0 Å². The average molecular weight is 385 g/mol. The average Bonchev–Trinajstić information content (AvgIpc) is 2.71. The zero-order valence-electron chi connectivity index (χ0n) is 15.9. The summed E-state index contributed by atoms with van der Waals surface area (Å²) in [5, 5.41) is -0.0149. The minimum Gasteiger partial charge on any atom is -0.497 e. The minimum absolute atomic E-state index is 0.00387. The molecule has 9 heteroatoms. The van der Waals surface area contributed by atoms with Crippen molar-refractivity contribution in [1.82, 2.24) is 14.5 Å². The highest BCUT2D eigenvalue weighted by Crippen LogP contribution is 2.34. The number of aryl methyl sites for hydroxylation is 1. The second kappa shape index (κ2) is 7.55. The Labute approximate surface area is 159 Å². The van der Waals surface area contributed by atoms with Crippen molar-refractivity contribution in [3.8, 4) is 22.8 Å². The summed E-state index contributed by atoms with van der Waals surface area (Å²) in [5.74, 6) is 0.317. The van der Waals surface area contributed by atoms with Crippen LogP contribution in [-0.4, -0.2) is 41.8 Å². The van der Waals surface area contributed by atoms with Gasteiger partial charge in [0.2, 0.25) is 0 Å². The molecule has 0 unspecified atom stereocenters. The number of nitrogens with one attached hydrogen (secondary N) is 1. The normalized spacial score (nSPS) is 10.7. The molecule has 0 fully saturated rings. The Hall–Kier alpha value is -3.62. The molecule has 2 aromatic heterocycles. The number of H-pyrrole nitrogens is 1. The topological polar surface area (TPSA) is 113 Å². The molecule has 9 nitrogen and oxygen atoms in total. The molecule has 1 N–H and O–H groups in total. The number of aromatic nitrogens is 3. The summed E-state index contributed by atoms with van der Waals surface area (Å²) in [4.78, 5) is 43.7. The molecule has 3 rings (SSSR count). The Bertz CT molecular complexity index is 1180. The first kappa shape index (κ1) is 19.2. The van der Waals surface area contributed by atoms with Gasteiger partial charge in [-0.1, -0.05) is 0 Å². The van der Waals surface area contributed by atoms with Gasteiger partial charge in [0.25, 0.3) is 5.56 Å². The zero-order chi connectivity index (χ0) is 20.4. The van der Waals surface area contributed by atoms with Gasteiger partial charge in [0.05, 0.1) is 38.0 Å². The molecule has 28 heavy (non-hydrogen) atoms. The predicted molar refractivity (Wildman–Crippen MR) is 102 cm³/mol. The largest absolute Gasteiger partial charge is 0.497 e. The van der Waals surface area contributed by atoms with E-state index >= 15 is 0 Å². The van der Waals surface area contributed by atoms with Crippen LogP contribution in [0.15, 0.2) is 33.9 Å². The summed E-state index contributed by atoms with van der Waals surface area (Å²) in [6, 6.07) is 6.54. The SMILES string of the molecule is CCn1c(=O)[nH]c(=O)c2c(C(=O)OC)cc(-c3cc(OC)ccc3OC)nc21. The smallest absolute Gasteiger partial charge is 0.338 e. The maximum atomic E-state index is 12.4. The fourth-order valence-corrected chi connectivity index (χ4v) is 2.99. The number of methoxy groups -OCH3 is 3. The molecule has 0 bridgehead atoms. The molecule has 0 aliphatic heterocycles. The zero-order valence-corrected chi connectivity index (χ0v) is 15.9.